The molecule has 0 spiro atoms. The molecule has 6 nitrogen and oxygen atoms in total. The second-order valence-electron chi connectivity index (χ2n) is 9.79. The van der Waals surface area contributed by atoms with Crippen LogP contribution in [0.25, 0.3) is 0 Å². The minimum absolute atomic E-state index is 0.150. The summed E-state index contributed by atoms with van der Waals surface area (Å²) in [5, 5.41) is 2.94. The van der Waals surface area contributed by atoms with E-state index in [4.69, 9.17) is 4.74 Å². The van der Waals surface area contributed by atoms with E-state index in [0.29, 0.717) is 25.3 Å². The standard InChI is InChI=1S/C30H33N3O3/c1-3-27(29(34)32-19-24-9-4-5-15-31-24)36-25-13-12-21-14-16-33(30(35)22-10-11-22)28(26(21)18-25)23-8-6-7-20(2)17-23/h4-9,12-13,15,17-18,22,27-28H,3,10-11,14,16,19H2,1-2H3,(H,32,34). The molecule has 36 heavy (non-hydrogen) atoms. The molecule has 1 fully saturated rings. The number of amides is 2. The number of fused-ring (bicyclic) bond motifs is 1. The number of hydrogen-bond acceptors (Lipinski definition) is 4. The Hall–Kier alpha value is -3.67. The number of nitrogens with one attached hydrogen (secondary N) is 1. The van der Waals surface area contributed by atoms with Crippen LogP contribution in [0.1, 0.15) is 60.2 Å². The molecule has 1 aliphatic heterocycles. The third-order valence-corrected chi connectivity index (χ3v) is 7.02. The summed E-state index contributed by atoms with van der Waals surface area (Å²) in [4.78, 5) is 32.4. The summed E-state index contributed by atoms with van der Waals surface area (Å²) in [6.07, 6.45) is 4.42. The quantitative estimate of drug-likeness (QED) is 0.502. The van der Waals surface area contributed by atoms with Crippen molar-refractivity contribution in [3.63, 3.8) is 0 Å². The van der Waals surface area contributed by atoms with Gasteiger partial charge in [-0.05, 0) is 73.6 Å². The molecule has 0 radical (unpaired) electrons. The topological polar surface area (TPSA) is 71.5 Å². The van der Waals surface area contributed by atoms with Crippen LogP contribution in [-0.4, -0.2) is 34.3 Å². The van der Waals surface area contributed by atoms with Crippen LogP contribution in [0.4, 0.5) is 0 Å². The molecule has 2 heterocycles. The van der Waals surface area contributed by atoms with E-state index in [1.54, 1.807) is 6.20 Å². The van der Waals surface area contributed by atoms with E-state index in [0.717, 1.165) is 36.1 Å². The molecule has 2 amide bonds. The maximum atomic E-state index is 13.3. The molecule has 1 N–H and O–H groups in total. The first-order valence-electron chi connectivity index (χ1n) is 12.9. The van der Waals surface area contributed by atoms with Gasteiger partial charge in [-0.2, -0.15) is 0 Å². The number of nitrogens with zero attached hydrogens (tertiary/aromatic N) is 2. The van der Waals surface area contributed by atoms with E-state index in [1.165, 1.54) is 11.1 Å². The summed E-state index contributed by atoms with van der Waals surface area (Å²) in [5.41, 5.74) is 5.39. The Kier molecular flexibility index (Phi) is 7.03. The van der Waals surface area contributed by atoms with Gasteiger partial charge in [-0.25, -0.2) is 0 Å². The van der Waals surface area contributed by atoms with Gasteiger partial charge in [-0.3, -0.25) is 14.6 Å². The minimum atomic E-state index is -0.614. The number of hydrogen-bond donors (Lipinski definition) is 1. The lowest BCUT2D eigenvalue weighted by molar-refractivity contribution is -0.134. The lowest BCUT2D eigenvalue weighted by Crippen LogP contribution is -2.41. The Labute approximate surface area is 212 Å². The molecule has 3 aromatic rings. The number of benzene rings is 2. The van der Waals surface area contributed by atoms with E-state index < -0.39 is 6.10 Å². The van der Waals surface area contributed by atoms with E-state index in [-0.39, 0.29) is 23.8 Å². The van der Waals surface area contributed by atoms with Gasteiger partial charge in [0.05, 0.1) is 18.3 Å². The number of pyridine rings is 1. The molecule has 6 heteroatoms. The molecule has 2 aliphatic rings. The molecule has 186 valence electrons. The second-order valence-corrected chi connectivity index (χ2v) is 9.79. The summed E-state index contributed by atoms with van der Waals surface area (Å²) in [6.45, 7) is 5.09. The smallest absolute Gasteiger partial charge is 0.261 e. The fraction of sp³-hybridized carbons (Fsp3) is 0.367. The number of aromatic nitrogens is 1. The molecule has 0 bridgehead atoms. The van der Waals surface area contributed by atoms with Gasteiger partial charge in [0.15, 0.2) is 6.10 Å². The lowest BCUT2D eigenvalue weighted by atomic mass is 9.87. The summed E-state index contributed by atoms with van der Waals surface area (Å²) in [5.74, 6) is 0.887. The van der Waals surface area contributed by atoms with Crippen molar-refractivity contribution in [2.24, 2.45) is 5.92 Å². The monoisotopic (exact) mass is 483 g/mol. The normalized spacial score (nSPS) is 17.7. The van der Waals surface area contributed by atoms with Crippen LogP contribution in [0.3, 0.4) is 0 Å². The van der Waals surface area contributed by atoms with Gasteiger partial charge in [-0.1, -0.05) is 48.9 Å². The highest BCUT2D eigenvalue weighted by atomic mass is 16.5. The van der Waals surface area contributed by atoms with Gasteiger partial charge in [0.2, 0.25) is 5.91 Å². The summed E-state index contributed by atoms with van der Waals surface area (Å²) in [7, 11) is 0. The van der Waals surface area contributed by atoms with E-state index in [9.17, 15) is 9.59 Å². The van der Waals surface area contributed by atoms with Gasteiger partial charge in [0.25, 0.3) is 5.91 Å². The number of carbonyl (C=O) groups is 2. The number of carbonyl (C=O) groups excluding carboxylic acids is 2. The predicted octanol–water partition coefficient (Wildman–Crippen LogP) is 4.75. The average molecular weight is 484 g/mol. The van der Waals surface area contributed by atoms with Crippen LogP contribution >= 0.6 is 0 Å². The molecule has 2 aromatic carbocycles. The Morgan fingerprint density at radius 3 is 2.69 bits per heavy atom. The van der Waals surface area contributed by atoms with Crippen molar-refractivity contribution in [1.29, 1.82) is 0 Å². The summed E-state index contributed by atoms with van der Waals surface area (Å²) in [6, 6.07) is 19.9. The molecule has 2 unspecified atom stereocenters. The summed E-state index contributed by atoms with van der Waals surface area (Å²) >= 11 is 0. The average Bonchev–Trinajstić information content (AvgIpc) is 3.75. The fourth-order valence-electron chi connectivity index (χ4n) is 4.95. The summed E-state index contributed by atoms with van der Waals surface area (Å²) < 4.78 is 6.21. The highest BCUT2D eigenvalue weighted by molar-refractivity contribution is 5.82. The van der Waals surface area contributed by atoms with Gasteiger partial charge in [0.1, 0.15) is 5.75 Å². The van der Waals surface area contributed by atoms with E-state index in [2.05, 4.69) is 52.5 Å². The maximum Gasteiger partial charge on any atom is 0.261 e. The third-order valence-electron chi connectivity index (χ3n) is 7.02. The first kappa shape index (κ1) is 24.0. The molecule has 1 aromatic heterocycles. The minimum Gasteiger partial charge on any atom is -0.481 e. The van der Waals surface area contributed by atoms with Crippen molar-refractivity contribution < 1.29 is 14.3 Å². The third kappa shape index (κ3) is 5.27. The first-order chi connectivity index (χ1) is 17.5. The molecule has 0 saturated heterocycles. The molecular weight excluding hydrogens is 450 g/mol. The number of ether oxygens (including phenoxy) is 1. The van der Waals surface area contributed by atoms with Crippen LogP contribution in [0.2, 0.25) is 0 Å². The Balaban J connectivity index is 1.39. The van der Waals surface area contributed by atoms with Gasteiger partial charge >= 0.3 is 0 Å². The SMILES string of the molecule is CCC(Oc1ccc2c(c1)C(c1cccc(C)c1)N(C(=O)C1CC1)CC2)C(=O)NCc1ccccn1. The Morgan fingerprint density at radius 2 is 1.97 bits per heavy atom. The largest absolute Gasteiger partial charge is 0.481 e. The molecule has 2 atom stereocenters. The van der Waals surface area contributed by atoms with E-state index >= 15 is 0 Å². The Morgan fingerprint density at radius 1 is 1.11 bits per heavy atom. The van der Waals surface area contributed by atoms with Gasteiger partial charge in [0, 0.05) is 18.7 Å². The van der Waals surface area contributed by atoms with Crippen molar-refractivity contribution in [2.75, 3.05) is 6.54 Å². The molecule has 1 saturated carbocycles. The van der Waals surface area contributed by atoms with Crippen LogP contribution in [0, 0.1) is 12.8 Å². The number of aryl methyl sites for hydroxylation is 1. The van der Waals surface area contributed by atoms with Crippen LogP contribution in [0.5, 0.6) is 5.75 Å². The molecule has 1 aliphatic carbocycles. The van der Waals surface area contributed by atoms with Crippen molar-refractivity contribution in [3.8, 4) is 5.75 Å². The fourth-order valence-corrected chi connectivity index (χ4v) is 4.95. The highest BCUT2D eigenvalue weighted by Gasteiger charge is 2.39. The second kappa shape index (κ2) is 10.5. The zero-order valence-electron chi connectivity index (χ0n) is 20.9. The van der Waals surface area contributed by atoms with E-state index in [1.807, 2.05) is 37.3 Å². The first-order valence-corrected chi connectivity index (χ1v) is 12.9. The van der Waals surface area contributed by atoms with Gasteiger partial charge < -0.3 is 15.0 Å². The van der Waals surface area contributed by atoms with Crippen LogP contribution in [0.15, 0.2) is 66.9 Å². The number of rotatable bonds is 8. The Bertz CT molecular complexity index is 1240. The highest BCUT2D eigenvalue weighted by Crippen LogP contribution is 2.41. The van der Waals surface area contributed by atoms with Crippen molar-refractivity contribution >= 4 is 11.8 Å². The zero-order valence-corrected chi connectivity index (χ0v) is 20.9. The van der Waals surface area contributed by atoms with Crippen LogP contribution in [-0.2, 0) is 22.6 Å². The molecular formula is C30H33N3O3. The van der Waals surface area contributed by atoms with Gasteiger partial charge in [-0.15, -0.1) is 0 Å². The predicted molar refractivity (Wildman–Crippen MR) is 138 cm³/mol. The van der Waals surface area contributed by atoms with Crippen molar-refractivity contribution in [3.05, 3.63) is 94.8 Å². The molecule has 5 rings (SSSR count). The van der Waals surface area contributed by atoms with Crippen molar-refractivity contribution in [1.82, 2.24) is 15.2 Å². The van der Waals surface area contributed by atoms with Crippen LogP contribution < -0.4 is 10.1 Å². The van der Waals surface area contributed by atoms with Crippen molar-refractivity contribution in [2.45, 2.75) is 58.2 Å². The maximum absolute atomic E-state index is 13.3. The lowest BCUT2D eigenvalue weighted by Gasteiger charge is -2.38. The zero-order chi connectivity index (χ0) is 25.1.